The maximum atomic E-state index is 12.9. The van der Waals surface area contributed by atoms with Crippen molar-refractivity contribution in [3.05, 3.63) is 45.0 Å². The number of amides is 1. The number of H-pyrrole nitrogens is 1. The molecule has 2 aromatic heterocycles. The van der Waals surface area contributed by atoms with E-state index in [2.05, 4.69) is 15.1 Å². The van der Waals surface area contributed by atoms with Crippen LogP contribution in [0, 0.1) is 13.8 Å². The number of nitrogens with zero attached hydrogens (tertiary/aromatic N) is 3. The van der Waals surface area contributed by atoms with Crippen molar-refractivity contribution in [2.24, 2.45) is 0 Å². The lowest BCUT2D eigenvalue weighted by molar-refractivity contribution is 0.0732. The van der Waals surface area contributed by atoms with Crippen molar-refractivity contribution in [1.29, 1.82) is 0 Å². The highest BCUT2D eigenvalue weighted by Gasteiger charge is 2.35. The van der Waals surface area contributed by atoms with Gasteiger partial charge in [0.1, 0.15) is 17.1 Å². The van der Waals surface area contributed by atoms with Crippen molar-refractivity contribution in [1.82, 2.24) is 20.0 Å². The molecule has 0 aromatic carbocycles. The average molecular weight is 328 g/mol. The lowest BCUT2D eigenvalue weighted by Gasteiger charge is -2.24. The largest absolute Gasteiger partial charge is 0.361 e. The molecule has 0 spiro atoms. The molecule has 0 unspecified atom stereocenters. The van der Waals surface area contributed by atoms with E-state index in [1.165, 1.54) is 6.20 Å². The first-order valence-corrected chi connectivity index (χ1v) is 8.39. The van der Waals surface area contributed by atoms with E-state index in [1.54, 1.807) is 4.90 Å². The molecule has 0 bridgehead atoms. The van der Waals surface area contributed by atoms with Crippen LogP contribution in [0.3, 0.4) is 0 Å². The maximum Gasteiger partial charge on any atom is 0.263 e. The Labute approximate surface area is 139 Å². The van der Waals surface area contributed by atoms with Gasteiger partial charge in [0.25, 0.3) is 11.5 Å². The zero-order valence-corrected chi connectivity index (χ0v) is 13.8. The Morgan fingerprint density at radius 3 is 2.75 bits per heavy atom. The third kappa shape index (κ3) is 2.44. The summed E-state index contributed by atoms with van der Waals surface area (Å²) < 4.78 is 5.25. The molecule has 1 saturated carbocycles. The fourth-order valence-electron chi connectivity index (χ4n) is 3.56. The molecule has 1 amide bonds. The van der Waals surface area contributed by atoms with Crippen LogP contribution in [0.15, 0.2) is 15.5 Å². The van der Waals surface area contributed by atoms with E-state index < -0.39 is 0 Å². The topological polar surface area (TPSA) is 92.1 Å². The second kappa shape index (κ2) is 5.58. The summed E-state index contributed by atoms with van der Waals surface area (Å²) in [6.07, 6.45) is 5.27. The molecule has 3 heterocycles. The molecule has 4 rings (SSSR count). The Balaban J connectivity index is 1.65. The van der Waals surface area contributed by atoms with E-state index in [0.29, 0.717) is 18.3 Å². The van der Waals surface area contributed by atoms with Crippen molar-refractivity contribution in [2.45, 2.75) is 51.5 Å². The van der Waals surface area contributed by atoms with Gasteiger partial charge in [-0.15, -0.1) is 0 Å². The molecule has 1 aliphatic heterocycles. The summed E-state index contributed by atoms with van der Waals surface area (Å²) in [7, 11) is 0. The van der Waals surface area contributed by atoms with Crippen molar-refractivity contribution in [3.8, 4) is 0 Å². The number of carbonyl (C=O) groups is 1. The van der Waals surface area contributed by atoms with Crippen LogP contribution in [0.1, 0.15) is 70.8 Å². The van der Waals surface area contributed by atoms with Gasteiger partial charge < -0.3 is 14.4 Å². The minimum Gasteiger partial charge on any atom is -0.361 e. The quantitative estimate of drug-likeness (QED) is 0.933. The fraction of sp³-hybridized carbons (Fsp3) is 0.529. The van der Waals surface area contributed by atoms with E-state index in [1.807, 2.05) is 13.8 Å². The Hall–Kier alpha value is -2.44. The molecule has 2 aromatic rings. The normalized spacial score (nSPS) is 20.6. The molecule has 1 N–H and O–H groups in total. The van der Waals surface area contributed by atoms with Gasteiger partial charge in [-0.25, -0.2) is 4.98 Å². The van der Waals surface area contributed by atoms with Crippen LogP contribution in [0.5, 0.6) is 0 Å². The minimum absolute atomic E-state index is 0.0914. The predicted octanol–water partition coefficient (Wildman–Crippen LogP) is 2.23. The maximum absolute atomic E-state index is 12.9. The van der Waals surface area contributed by atoms with Crippen LogP contribution in [-0.2, 0) is 0 Å². The molecule has 1 aliphatic carbocycles. The van der Waals surface area contributed by atoms with E-state index >= 15 is 0 Å². The Morgan fingerprint density at radius 2 is 2.12 bits per heavy atom. The first kappa shape index (κ1) is 15.1. The predicted molar refractivity (Wildman–Crippen MR) is 85.8 cm³/mol. The van der Waals surface area contributed by atoms with Gasteiger partial charge in [0, 0.05) is 24.2 Å². The molecule has 7 heteroatoms. The van der Waals surface area contributed by atoms with Gasteiger partial charge in [0.05, 0.1) is 11.7 Å². The first-order chi connectivity index (χ1) is 11.6. The van der Waals surface area contributed by atoms with Gasteiger partial charge in [-0.05, 0) is 39.5 Å². The van der Waals surface area contributed by atoms with Crippen molar-refractivity contribution >= 4 is 5.91 Å². The summed E-state index contributed by atoms with van der Waals surface area (Å²) >= 11 is 0. The molecule has 1 saturated heterocycles. The summed E-state index contributed by atoms with van der Waals surface area (Å²) in [4.78, 5) is 34.0. The third-order valence-corrected chi connectivity index (χ3v) is 4.95. The Bertz CT molecular complexity index is 830. The van der Waals surface area contributed by atoms with Gasteiger partial charge in [-0.2, -0.15) is 0 Å². The van der Waals surface area contributed by atoms with Gasteiger partial charge in [0.2, 0.25) is 0 Å². The molecule has 7 nitrogen and oxygen atoms in total. The highest BCUT2D eigenvalue weighted by atomic mass is 16.5. The number of aromatic amines is 1. The molecule has 126 valence electrons. The van der Waals surface area contributed by atoms with Gasteiger partial charge >= 0.3 is 0 Å². The van der Waals surface area contributed by atoms with Crippen LogP contribution >= 0.6 is 0 Å². The van der Waals surface area contributed by atoms with Crippen LogP contribution in [-0.4, -0.2) is 32.5 Å². The average Bonchev–Trinajstić information content (AvgIpc) is 3.22. The van der Waals surface area contributed by atoms with Crippen LogP contribution < -0.4 is 5.56 Å². The molecule has 2 aliphatic rings. The van der Waals surface area contributed by atoms with Crippen LogP contribution in [0.4, 0.5) is 0 Å². The third-order valence-electron chi connectivity index (χ3n) is 4.95. The number of aromatic nitrogens is 3. The summed E-state index contributed by atoms with van der Waals surface area (Å²) in [6.45, 7) is 4.36. The summed E-state index contributed by atoms with van der Waals surface area (Å²) in [5.74, 6) is 1.51. The molecule has 1 atom stereocenters. The summed E-state index contributed by atoms with van der Waals surface area (Å²) in [5, 5.41) is 3.99. The highest BCUT2D eigenvalue weighted by molar-refractivity contribution is 5.94. The second-order valence-electron chi connectivity index (χ2n) is 6.68. The standard InChI is InChI=1S/C17H20N4O3/c1-9-14(10(2)24-20-9)13-4-3-7-21(13)17(23)12-8-18-15(11-5-6-11)19-16(12)22/h8,11,13H,3-7H2,1-2H3,(H,18,19,22)/t13-/m0/s1. The van der Waals surface area contributed by atoms with E-state index in [4.69, 9.17) is 4.52 Å². The monoisotopic (exact) mass is 328 g/mol. The number of hydrogen-bond acceptors (Lipinski definition) is 5. The van der Waals surface area contributed by atoms with Gasteiger partial charge in [0.15, 0.2) is 0 Å². The van der Waals surface area contributed by atoms with E-state index in [9.17, 15) is 9.59 Å². The molecule has 24 heavy (non-hydrogen) atoms. The van der Waals surface area contributed by atoms with E-state index in [-0.39, 0.29) is 23.1 Å². The number of aryl methyl sites for hydroxylation is 2. The molecular weight excluding hydrogens is 308 g/mol. The minimum atomic E-state index is -0.346. The molecule has 0 radical (unpaired) electrons. The number of nitrogens with one attached hydrogen (secondary N) is 1. The number of rotatable bonds is 3. The second-order valence-corrected chi connectivity index (χ2v) is 6.68. The van der Waals surface area contributed by atoms with E-state index in [0.717, 1.165) is 42.7 Å². The summed E-state index contributed by atoms with van der Waals surface area (Å²) in [6, 6.07) is -0.0914. The van der Waals surface area contributed by atoms with Crippen LogP contribution in [0.2, 0.25) is 0 Å². The number of likely N-dealkylation sites (tertiary alicyclic amines) is 1. The number of carbonyl (C=O) groups excluding carboxylic acids is 1. The highest BCUT2D eigenvalue weighted by Crippen LogP contribution is 2.38. The smallest absolute Gasteiger partial charge is 0.263 e. The van der Waals surface area contributed by atoms with Crippen LogP contribution in [0.25, 0.3) is 0 Å². The van der Waals surface area contributed by atoms with Gasteiger partial charge in [-0.3, -0.25) is 9.59 Å². The SMILES string of the molecule is Cc1noc(C)c1[C@@H]1CCCN1C(=O)c1cnc(C2CC2)[nH]c1=O. The molecular formula is C17H20N4O3. The first-order valence-electron chi connectivity index (χ1n) is 8.39. The zero-order valence-electron chi connectivity index (χ0n) is 13.8. The van der Waals surface area contributed by atoms with Crippen molar-refractivity contribution in [3.63, 3.8) is 0 Å². The number of hydrogen-bond donors (Lipinski definition) is 1. The van der Waals surface area contributed by atoms with Crippen molar-refractivity contribution in [2.75, 3.05) is 6.54 Å². The zero-order chi connectivity index (χ0) is 16.8. The molecule has 2 fully saturated rings. The Morgan fingerprint density at radius 1 is 1.33 bits per heavy atom. The Kier molecular flexibility index (Phi) is 3.51. The van der Waals surface area contributed by atoms with Gasteiger partial charge in [-0.1, -0.05) is 5.16 Å². The van der Waals surface area contributed by atoms with Crippen molar-refractivity contribution < 1.29 is 9.32 Å². The summed E-state index contributed by atoms with van der Waals surface area (Å²) in [5.41, 5.74) is 1.52. The lowest BCUT2D eigenvalue weighted by Crippen LogP contribution is -2.35. The fourth-order valence-corrected chi connectivity index (χ4v) is 3.56. The lowest BCUT2D eigenvalue weighted by atomic mass is 10.0.